The van der Waals surface area contributed by atoms with Crippen LogP contribution in [0.1, 0.15) is 31.8 Å². The molecule has 1 amide bonds. The van der Waals surface area contributed by atoms with Crippen molar-refractivity contribution in [2.75, 3.05) is 4.90 Å². The summed E-state index contributed by atoms with van der Waals surface area (Å²) >= 11 is 0. The molecule has 1 aliphatic rings. The third kappa shape index (κ3) is 2.54. The molecule has 0 aliphatic carbocycles. The first kappa shape index (κ1) is 15.1. The molecule has 0 aromatic heterocycles. The number of aromatic carboxylic acids is 1. The Labute approximate surface area is 128 Å². The zero-order valence-electron chi connectivity index (χ0n) is 11.6. The summed E-state index contributed by atoms with van der Waals surface area (Å²) in [5.74, 6) is -2.15. The van der Waals surface area contributed by atoms with Gasteiger partial charge in [-0.3, -0.25) is 4.79 Å². The number of carboxylic acids is 1. The number of benzene rings is 2. The monoisotopic (exact) mass is 320 g/mol. The van der Waals surface area contributed by atoms with Crippen LogP contribution in [0.3, 0.4) is 0 Å². The third-order valence-corrected chi connectivity index (χ3v) is 3.64. The van der Waals surface area contributed by atoms with Crippen molar-refractivity contribution in [2.24, 2.45) is 0 Å². The van der Waals surface area contributed by atoms with Crippen LogP contribution in [0.4, 0.5) is 18.9 Å². The van der Waals surface area contributed by atoms with Gasteiger partial charge in [0.25, 0.3) is 5.91 Å². The molecule has 0 unspecified atom stereocenters. The van der Waals surface area contributed by atoms with E-state index in [1.54, 1.807) is 6.07 Å². The molecule has 1 aliphatic heterocycles. The Kier molecular flexibility index (Phi) is 3.35. The zero-order valence-corrected chi connectivity index (χ0v) is 11.6. The number of alkyl halides is 3. The van der Waals surface area contributed by atoms with Crippen LogP contribution in [0, 0.1) is 0 Å². The highest BCUT2D eigenvalue weighted by molar-refractivity contribution is 6.15. The first-order valence-electron chi connectivity index (χ1n) is 6.61. The summed E-state index contributed by atoms with van der Waals surface area (Å²) in [6.45, 7) is 0.0105. The molecule has 7 heteroatoms. The van der Waals surface area contributed by atoms with Crippen molar-refractivity contribution in [1.82, 2.24) is 0 Å². The maximum atomic E-state index is 12.8. The lowest BCUT2D eigenvalue weighted by Crippen LogP contribution is -2.28. The van der Waals surface area contributed by atoms with E-state index < -0.39 is 23.6 Å². The number of hydrogen-bond donors (Lipinski definition) is 0. The van der Waals surface area contributed by atoms with Gasteiger partial charge in [0.15, 0.2) is 0 Å². The molecule has 1 heterocycles. The van der Waals surface area contributed by atoms with Crippen LogP contribution < -0.4 is 10.0 Å². The lowest BCUT2D eigenvalue weighted by molar-refractivity contribution is -0.255. The minimum absolute atomic E-state index is 0.0105. The van der Waals surface area contributed by atoms with Crippen molar-refractivity contribution in [1.29, 1.82) is 0 Å². The summed E-state index contributed by atoms with van der Waals surface area (Å²) in [4.78, 5) is 24.7. The van der Waals surface area contributed by atoms with Crippen molar-refractivity contribution >= 4 is 17.6 Å². The van der Waals surface area contributed by atoms with E-state index in [0.29, 0.717) is 5.56 Å². The molecule has 0 radical (unpaired) electrons. The molecule has 0 atom stereocenters. The van der Waals surface area contributed by atoms with Crippen molar-refractivity contribution in [3.63, 3.8) is 0 Å². The quantitative estimate of drug-likeness (QED) is 0.852. The minimum Gasteiger partial charge on any atom is -0.545 e. The lowest BCUT2D eigenvalue weighted by atomic mass is 10.0. The SMILES string of the molecule is O=C([O-])c1cccc2c1C(=O)N(c1cccc(C(F)(F)F)c1)C2. The highest BCUT2D eigenvalue weighted by atomic mass is 19.4. The largest absolute Gasteiger partial charge is 0.545 e. The molecule has 0 fully saturated rings. The fourth-order valence-electron chi connectivity index (χ4n) is 2.59. The number of rotatable bonds is 2. The first-order chi connectivity index (χ1) is 10.8. The van der Waals surface area contributed by atoms with Crippen LogP contribution in [0.25, 0.3) is 0 Å². The van der Waals surface area contributed by atoms with Gasteiger partial charge in [-0.2, -0.15) is 13.2 Å². The fourth-order valence-corrected chi connectivity index (χ4v) is 2.59. The van der Waals surface area contributed by atoms with Gasteiger partial charge in [0, 0.05) is 11.3 Å². The fraction of sp³-hybridized carbons (Fsp3) is 0.125. The van der Waals surface area contributed by atoms with Gasteiger partial charge in [-0.15, -0.1) is 0 Å². The number of anilines is 1. The molecule has 2 aromatic rings. The van der Waals surface area contributed by atoms with Crippen molar-refractivity contribution in [2.45, 2.75) is 12.7 Å². The number of halogens is 3. The summed E-state index contributed by atoms with van der Waals surface area (Å²) in [6.07, 6.45) is -4.53. The molecule has 0 saturated carbocycles. The highest BCUT2D eigenvalue weighted by Crippen LogP contribution is 2.35. The van der Waals surface area contributed by atoms with Crippen LogP contribution in [-0.4, -0.2) is 11.9 Å². The van der Waals surface area contributed by atoms with Gasteiger partial charge in [-0.05, 0) is 23.8 Å². The summed E-state index contributed by atoms with van der Waals surface area (Å²) in [6, 6.07) is 8.61. The standard InChI is InChI=1S/C16H10F3NO3/c17-16(18,19)10-4-2-5-11(7-10)20-8-9-3-1-6-12(15(22)23)13(9)14(20)21/h1-7H,8H2,(H,22,23)/p-1. The average Bonchev–Trinajstić information content (AvgIpc) is 2.84. The van der Waals surface area contributed by atoms with Crippen LogP contribution in [0.5, 0.6) is 0 Å². The molecular formula is C16H9F3NO3-. The zero-order chi connectivity index (χ0) is 16.8. The number of amides is 1. The van der Waals surface area contributed by atoms with Gasteiger partial charge in [-0.25, -0.2) is 0 Å². The predicted octanol–water partition coefficient (Wildman–Crippen LogP) is 2.23. The van der Waals surface area contributed by atoms with E-state index in [1.807, 2.05) is 0 Å². The molecule has 2 aromatic carbocycles. The van der Waals surface area contributed by atoms with Gasteiger partial charge in [0.05, 0.1) is 23.6 Å². The van der Waals surface area contributed by atoms with E-state index in [1.165, 1.54) is 24.3 Å². The molecule has 4 nitrogen and oxygen atoms in total. The maximum Gasteiger partial charge on any atom is 0.416 e. The Bertz CT molecular complexity index is 814. The van der Waals surface area contributed by atoms with Crippen LogP contribution in [-0.2, 0) is 12.7 Å². The van der Waals surface area contributed by atoms with Gasteiger partial charge < -0.3 is 14.8 Å². The van der Waals surface area contributed by atoms with Crippen LogP contribution in [0.2, 0.25) is 0 Å². The number of carbonyl (C=O) groups is 2. The Morgan fingerprint density at radius 1 is 1.13 bits per heavy atom. The summed E-state index contributed by atoms with van der Waals surface area (Å²) in [7, 11) is 0. The molecule has 23 heavy (non-hydrogen) atoms. The maximum absolute atomic E-state index is 12.8. The van der Waals surface area contributed by atoms with Gasteiger partial charge in [0.2, 0.25) is 0 Å². The second kappa shape index (κ2) is 5.12. The van der Waals surface area contributed by atoms with Crippen molar-refractivity contribution in [3.05, 3.63) is 64.7 Å². The first-order valence-corrected chi connectivity index (χ1v) is 6.61. The molecule has 0 bridgehead atoms. The van der Waals surface area contributed by atoms with E-state index in [0.717, 1.165) is 17.0 Å². The van der Waals surface area contributed by atoms with Crippen molar-refractivity contribution < 1.29 is 27.9 Å². The van der Waals surface area contributed by atoms with Crippen LogP contribution in [0.15, 0.2) is 42.5 Å². The summed E-state index contributed by atoms with van der Waals surface area (Å²) in [5, 5.41) is 11.1. The van der Waals surface area contributed by atoms with Crippen molar-refractivity contribution in [3.8, 4) is 0 Å². The summed E-state index contributed by atoms with van der Waals surface area (Å²) < 4.78 is 38.4. The van der Waals surface area contributed by atoms with Gasteiger partial charge in [0.1, 0.15) is 0 Å². The smallest absolute Gasteiger partial charge is 0.416 e. The molecule has 0 N–H and O–H groups in total. The molecule has 0 saturated heterocycles. The average molecular weight is 320 g/mol. The Morgan fingerprint density at radius 3 is 2.48 bits per heavy atom. The van der Waals surface area contributed by atoms with E-state index in [4.69, 9.17) is 0 Å². The van der Waals surface area contributed by atoms with Gasteiger partial charge in [-0.1, -0.05) is 24.3 Å². The third-order valence-electron chi connectivity index (χ3n) is 3.64. The number of carbonyl (C=O) groups excluding carboxylic acids is 2. The second-order valence-corrected chi connectivity index (χ2v) is 5.07. The second-order valence-electron chi connectivity index (χ2n) is 5.07. The van der Waals surface area contributed by atoms with Gasteiger partial charge >= 0.3 is 6.18 Å². The number of hydrogen-bond acceptors (Lipinski definition) is 3. The Balaban J connectivity index is 2.04. The van der Waals surface area contributed by atoms with Crippen LogP contribution >= 0.6 is 0 Å². The number of carboxylic acid groups (broad SMARTS) is 1. The predicted molar refractivity (Wildman–Crippen MR) is 72.7 cm³/mol. The molecule has 3 rings (SSSR count). The molecular weight excluding hydrogens is 311 g/mol. The number of fused-ring (bicyclic) bond motifs is 1. The minimum atomic E-state index is -4.53. The molecule has 0 spiro atoms. The topological polar surface area (TPSA) is 60.4 Å². The highest BCUT2D eigenvalue weighted by Gasteiger charge is 2.34. The Hall–Kier alpha value is -2.83. The summed E-state index contributed by atoms with van der Waals surface area (Å²) in [5.41, 5.74) is -0.676. The number of nitrogens with zero attached hydrogens (tertiary/aromatic N) is 1. The van der Waals surface area contributed by atoms with E-state index >= 15 is 0 Å². The van der Waals surface area contributed by atoms with E-state index in [2.05, 4.69) is 0 Å². The van der Waals surface area contributed by atoms with E-state index in [9.17, 15) is 27.9 Å². The molecule has 118 valence electrons. The lowest BCUT2D eigenvalue weighted by Gasteiger charge is -2.17. The van der Waals surface area contributed by atoms with E-state index in [-0.39, 0.29) is 23.4 Å². The normalized spacial score (nSPS) is 14.0. The Morgan fingerprint density at radius 2 is 1.83 bits per heavy atom.